The molecule has 1 heterocycles. The Morgan fingerprint density at radius 2 is 2.07 bits per heavy atom. The van der Waals surface area contributed by atoms with Gasteiger partial charge in [-0.2, -0.15) is 0 Å². The third-order valence-electron chi connectivity index (χ3n) is 3.81. The molecule has 27 heavy (non-hydrogen) atoms. The van der Waals surface area contributed by atoms with Crippen molar-refractivity contribution in [2.24, 2.45) is 0 Å². The Morgan fingerprint density at radius 1 is 1.33 bits per heavy atom. The van der Waals surface area contributed by atoms with E-state index in [0.29, 0.717) is 22.6 Å². The first-order valence-corrected chi connectivity index (χ1v) is 8.03. The lowest BCUT2D eigenvalue weighted by atomic mass is 10.1. The van der Waals surface area contributed by atoms with Crippen molar-refractivity contribution in [2.75, 3.05) is 6.79 Å². The summed E-state index contributed by atoms with van der Waals surface area (Å²) in [5.74, 6) is -0.371. The van der Waals surface area contributed by atoms with Gasteiger partial charge in [-0.3, -0.25) is 10.1 Å². The van der Waals surface area contributed by atoms with E-state index in [1.54, 1.807) is 0 Å². The number of non-ortho nitro benzene ring substituents is 1. The number of nitrogens with zero attached hydrogens (tertiary/aromatic N) is 1. The highest BCUT2D eigenvalue weighted by atomic mass is 19.1. The van der Waals surface area contributed by atoms with Crippen molar-refractivity contribution in [1.82, 2.24) is 0 Å². The molecule has 2 aromatic carbocycles. The van der Waals surface area contributed by atoms with Crippen molar-refractivity contribution < 1.29 is 33.1 Å². The normalized spacial score (nSPS) is 13.9. The third kappa shape index (κ3) is 4.50. The lowest BCUT2D eigenvalue weighted by Crippen LogP contribution is -2.26. The van der Waals surface area contributed by atoms with E-state index in [9.17, 15) is 19.3 Å². The van der Waals surface area contributed by atoms with Gasteiger partial charge >= 0.3 is 5.97 Å². The molecule has 0 saturated heterocycles. The summed E-state index contributed by atoms with van der Waals surface area (Å²) in [6, 6.07) is 7.86. The molecule has 0 aromatic heterocycles. The first kappa shape index (κ1) is 18.6. The van der Waals surface area contributed by atoms with Crippen molar-refractivity contribution in [2.45, 2.75) is 26.2 Å². The van der Waals surface area contributed by atoms with E-state index in [4.69, 9.17) is 18.9 Å². The summed E-state index contributed by atoms with van der Waals surface area (Å²) < 4.78 is 34.0. The lowest BCUT2D eigenvalue weighted by Gasteiger charge is -2.21. The minimum atomic E-state index is -0.950. The highest BCUT2D eigenvalue weighted by Crippen LogP contribution is 2.33. The molecule has 0 radical (unpaired) electrons. The van der Waals surface area contributed by atoms with Gasteiger partial charge in [0, 0.05) is 23.3 Å². The largest absolute Gasteiger partial charge is 0.479 e. The number of nitro groups is 1. The maximum absolute atomic E-state index is 12.9. The summed E-state index contributed by atoms with van der Waals surface area (Å²) in [5.41, 5.74) is 0.728. The number of carbonyl (C=O) groups excluding carboxylic acids is 1. The van der Waals surface area contributed by atoms with Crippen LogP contribution in [0.15, 0.2) is 36.4 Å². The van der Waals surface area contributed by atoms with Crippen LogP contribution >= 0.6 is 0 Å². The fourth-order valence-corrected chi connectivity index (χ4v) is 2.53. The minimum absolute atomic E-state index is 0.00976. The third-order valence-corrected chi connectivity index (χ3v) is 3.81. The van der Waals surface area contributed by atoms with Gasteiger partial charge in [-0.15, -0.1) is 0 Å². The average molecular weight is 377 g/mol. The number of nitro benzene ring substituents is 1. The van der Waals surface area contributed by atoms with Gasteiger partial charge < -0.3 is 18.9 Å². The van der Waals surface area contributed by atoms with E-state index in [1.807, 2.05) is 0 Å². The van der Waals surface area contributed by atoms with Crippen LogP contribution in [0.25, 0.3) is 0 Å². The van der Waals surface area contributed by atoms with Crippen LogP contribution in [-0.4, -0.2) is 23.8 Å². The quantitative estimate of drug-likeness (QED) is 0.433. The molecule has 0 N–H and O–H groups in total. The molecule has 0 aliphatic carbocycles. The Kier molecular flexibility index (Phi) is 5.51. The van der Waals surface area contributed by atoms with Crippen molar-refractivity contribution in [3.8, 4) is 11.5 Å². The summed E-state index contributed by atoms with van der Waals surface area (Å²) in [5, 5.41) is 11.1. The number of ether oxygens (including phenoxy) is 4. The zero-order valence-corrected chi connectivity index (χ0v) is 14.3. The first-order chi connectivity index (χ1) is 12.9. The minimum Gasteiger partial charge on any atom is -0.479 e. The number of carbonyl (C=O) groups is 1. The molecule has 142 valence electrons. The van der Waals surface area contributed by atoms with Crippen molar-refractivity contribution in [3.05, 3.63) is 63.5 Å². The first-order valence-electron chi connectivity index (χ1n) is 8.03. The SMILES string of the molecule is C[C@H](Oc1ccc(F)cc1)C(=O)OCc1cc([N+](=O)[O-])cc2c1OCOC2. The van der Waals surface area contributed by atoms with Gasteiger partial charge in [-0.05, 0) is 31.2 Å². The van der Waals surface area contributed by atoms with Crippen LogP contribution < -0.4 is 9.47 Å². The van der Waals surface area contributed by atoms with Crippen LogP contribution in [0.3, 0.4) is 0 Å². The number of benzene rings is 2. The molecule has 0 saturated carbocycles. The van der Waals surface area contributed by atoms with E-state index in [1.165, 1.54) is 43.3 Å². The number of esters is 1. The summed E-state index contributed by atoms with van der Waals surface area (Å²) in [7, 11) is 0. The molecule has 1 aliphatic heterocycles. The number of fused-ring (bicyclic) bond motifs is 1. The topological polar surface area (TPSA) is 97.1 Å². The molecule has 1 aliphatic rings. The predicted octanol–water partition coefficient (Wildman–Crippen LogP) is 3.11. The zero-order chi connectivity index (χ0) is 19.4. The molecule has 8 nitrogen and oxygen atoms in total. The molecule has 2 aromatic rings. The van der Waals surface area contributed by atoms with Gasteiger partial charge in [0.15, 0.2) is 12.9 Å². The Morgan fingerprint density at radius 3 is 2.78 bits per heavy atom. The van der Waals surface area contributed by atoms with Crippen LogP contribution in [0.2, 0.25) is 0 Å². The molecule has 9 heteroatoms. The Bertz CT molecular complexity index is 854. The number of rotatable bonds is 6. The van der Waals surface area contributed by atoms with E-state index < -0.39 is 22.8 Å². The molecule has 0 spiro atoms. The zero-order valence-electron chi connectivity index (χ0n) is 14.3. The summed E-state index contributed by atoms with van der Waals surface area (Å²) in [6.45, 7) is 1.44. The highest BCUT2D eigenvalue weighted by Gasteiger charge is 2.23. The number of hydrogen-bond acceptors (Lipinski definition) is 7. The Labute approximate surface area is 153 Å². The van der Waals surface area contributed by atoms with Gasteiger partial charge in [0.25, 0.3) is 5.69 Å². The van der Waals surface area contributed by atoms with Gasteiger partial charge in [-0.1, -0.05) is 0 Å². The molecule has 0 bridgehead atoms. The second-order valence-electron chi connectivity index (χ2n) is 5.78. The second kappa shape index (κ2) is 8.00. The van der Waals surface area contributed by atoms with Crippen molar-refractivity contribution in [3.63, 3.8) is 0 Å². The average Bonchev–Trinajstić information content (AvgIpc) is 2.67. The lowest BCUT2D eigenvalue weighted by molar-refractivity contribution is -0.385. The van der Waals surface area contributed by atoms with Gasteiger partial charge in [0.1, 0.15) is 23.9 Å². The maximum Gasteiger partial charge on any atom is 0.347 e. The van der Waals surface area contributed by atoms with E-state index >= 15 is 0 Å². The predicted molar refractivity (Wildman–Crippen MR) is 89.7 cm³/mol. The Balaban J connectivity index is 1.68. The Hall–Kier alpha value is -3.20. The fourth-order valence-electron chi connectivity index (χ4n) is 2.53. The van der Waals surface area contributed by atoms with Gasteiger partial charge in [0.2, 0.25) is 0 Å². The van der Waals surface area contributed by atoms with Gasteiger partial charge in [0.05, 0.1) is 11.5 Å². The summed E-state index contributed by atoms with van der Waals surface area (Å²) in [4.78, 5) is 22.7. The molecule has 0 fully saturated rings. The van der Waals surface area contributed by atoms with E-state index in [0.717, 1.165) is 0 Å². The number of hydrogen-bond donors (Lipinski definition) is 0. The smallest absolute Gasteiger partial charge is 0.347 e. The molecular weight excluding hydrogens is 361 g/mol. The molecule has 0 unspecified atom stereocenters. The maximum atomic E-state index is 12.9. The van der Waals surface area contributed by atoms with E-state index in [2.05, 4.69) is 0 Å². The second-order valence-corrected chi connectivity index (χ2v) is 5.78. The van der Waals surface area contributed by atoms with Crippen LogP contribution in [0.5, 0.6) is 11.5 Å². The fraction of sp³-hybridized carbons (Fsp3) is 0.278. The van der Waals surface area contributed by atoms with Crippen molar-refractivity contribution >= 4 is 11.7 Å². The summed E-state index contributed by atoms with van der Waals surface area (Å²) in [6.07, 6.45) is -0.950. The van der Waals surface area contributed by atoms with E-state index in [-0.39, 0.29) is 25.7 Å². The summed E-state index contributed by atoms with van der Waals surface area (Å²) >= 11 is 0. The molecular formula is C18H16FNO7. The standard InChI is InChI=1S/C18H16FNO7/c1-11(27-16-4-2-14(19)3-5-16)18(21)25-9-13-7-15(20(22)23)6-12-8-24-10-26-17(12)13/h2-7,11H,8-10H2,1H3/t11-/m0/s1. The number of halogens is 1. The van der Waals surface area contributed by atoms with Crippen LogP contribution in [0, 0.1) is 15.9 Å². The highest BCUT2D eigenvalue weighted by molar-refractivity contribution is 5.74. The van der Waals surface area contributed by atoms with Crippen molar-refractivity contribution in [1.29, 1.82) is 0 Å². The van der Waals surface area contributed by atoms with Crippen LogP contribution in [0.1, 0.15) is 18.1 Å². The molecule has 0 amide bonds. The molecule has 3 rings (SSSR count). The molecule has 1 atom stereocenters. The monoisotopic (exact) mass is 377 g/mol. The van der Waals surface area contributed by atoms with Crippen LogP contribution in [0.4, 0.5) is 10.1 Å². The van der Waals surface area contributed by atoms with Crippen LogP contribution in [-0.2, 0) is 27.5 Å². The van der Waals surface area contributed by atoms with Gasteiger partial charge in [-0.25, -0.2) is 9.18 Å².